The molecule has 1 aromatic carbocycles. The Kier molecular flexibility index (Phi) is 8.75. The lowest BCUT2D eigenvalue weighted by atomic mass is 10.1. The average molecular weight is 321 g/mol. The van der Waals surface area contributed by atoms with Crippen LogP contribution in [0.3, 0.4) is 0 Å². The van der Waals surface area contributed by atoms with Gasteiger partial charge in [-0.2, -0.15) is 0 Å². The second-order valence-electron chi connectivity index (χ2n) is 5.42. The van der Waals surface area contributed by atoms with Crippen LogP contribution in [-0.4, -0.2) is 31.5 Å². The Morgan fingerprint density at radius 1 is 1.17 bits per heavy atom. The first-order valence-electron chi connectivity index (χ1n) is 8.02. The molecule has 1 rings (SSSR count). The zero-order chi connectivity index (χ0) is 17.1. The van der Waals surface area contributed by atoms with E-state index in [4.69, 9.17) is 10.5 Å². The molecule has 0 aliphatic heterocycles. The highest BCUT2D eigenvalue weighted by atomic mass is 16.5. The van der Waals surface area contributed by atoms with Gasteiger partial charge in [0.25, 0.3) is 0 Å². The normalized spacial score (nSPS) is 10.2. The fourth-order valence-corrected chi connectivity index (χ4v) is 1.98. The van der Waals surface area contributed by atoms with Crippen LogP contribution in [0.4, 0.5) is 0 Å². The molecule has 0 spiro atoms. The number of rotatable bonds is 10. The van der Waals surface area contributed by atoms with Gasteiger partial charge in [0.15, 0.2) is 0 Å². The molecule has 0 saturated carbocycles. The van der Waals surface area contributed by atoms with E-state index in [9.17, 15) is 9.59 Å². The predicted molar refractivity (Wildman–Crippen MR) is 90.1 cm³/mol. The number of nitrogens with one attached hydrogen (secondary N) is 2. The van der Waals surface area contributed by atoms with Gasteiger partial charge >= 0.3 is 0 Å². The monoisotopic (exact) mass is 321 g/mol. The summed E-state index contributed by atoms with van der Waals surface area (Å²) in [4.78, 5) is 22.7. The molecular formula is C17H27N3O3. The molecule has 2 amide bonds. The maximum atomic E-state index is 11.7. The highest BCUT2D eigenvalue weighted by Gasteiger charge is 2.08. The molecule has 0 atom stereocenters. The van der Waals surface area contributed by atoms with Crippen LogP contribution in [0.1, 0.15) is 37.3 Å². The lowest BCUT2D eigenvalue weighted by Crippen LogP contribution is -2.39. The number of nitrogens with two attached hydrogens (primary N) is 1. The Labute approximate surface area is 137 Å². The average Bonchev–Trinajstić information content (AvgIpc) is 2.55. The topological polar surface area (TPSA) is 93.5 Å². The molecule has 1 aromatic rings. The molecule has 23 heavy (non-hydrogen) atoms. The Morgan fingerprint density at radius 3 is 2.65 bits per heavy atom. The fraction of sp³-hybridized carbons (Fsp3) is 0.529. The fourth-order valence-electron chi connectivity index (χ4n) is 1.98. The first kappa shape index (κ1) is 19.0. The Morgan fingerprint density at radius 2 is 1.96 bits per heavy atom. The third-order valence-corrected chi connectivity index (χ3v) is 3.34. The second-order valence-corrected chi connectivity index (χ2v) is 5.42. The van der Waals surface area contributed by atoms with Gasteiger partial charge in [0.05, 0.1) is 19.7 Å². The molecule has 0 bridgehead atoms. The van der Waals surface area contributed by atoms with Gasteiger partial charge < -0.3 is 21.1 Å². The van der Waals surface area contributed by atoms with Crippen molar-refractivity contribution in [2.24, 2.45) is 5.73 Å². The summed E-state index contributed by atoms with van der Waals surface area (Å²) in [6, 6.07) is 5.91. The number of hydrogen-bond acceptors (Lipinski definition) is 4. The van der Waals surface area contributed by atoms with Crippen LogP contribution in [0.5, 0.6) is 5.75 Å². The quantitative estimate of drug-likeness (QED) is 0.566. The largest absolute Gasteiger partial charge is 0.493 e. The van der Waals surface area contributed by atoms with Crippen LogP contribution >= 0.6 is 0 Å². The first-order chi connectivity index (χ1) is 11.1. The minimum atomic E-state index is -0.351. The molecule has 4 N–H and O–H groups in total. The molecule has 0 aliphatic carbocycles. The molecule has 0 saturated heterocycles. The van der Waals surface area contributed by atoms with E-state index in [1.165, 1.54) is 0 Å². The highest BCUT2D eigenvalue weighted by Crippen LogP contribution is 2.20. The van der Waals surface area contributed by atoms with Crippen LogP contribution in [0.15, 0.2) is 18.2 Å². The summed E-state index contributed by atoms with van der Waals surface area (Å²) in [6.07, 6.45) is 3.30. The third kappa shape index (κ3) is 7.65. The molecule has 128 valence electrons. The van der Waals surface area contributed by atoms with E-state index in [0.717, 1.165) is 36.1 Å². The van der Waals surface area contributed by atoms with Crippen molar-refractivity contribution in [2.75, 3.05) is 19.7 Å². The molecule has 0 radical (unpaired) electrons. The first-order valence-corrected chi connectivity index (χ1v) is 8.02. The van der Waals surface area contributed by atoms with E-state index in [2.05, 4.69) is 17.6 Å². The Balaban J connectivity index is 2.51. The summed E-state index contributed by atoms with van der Waals surface area (Å²) in [5.41, 5.74) is 7.20. The summed E-state index contributed by atoms with van der Waals surface area (Å²) in [7, 11) is 0. The van der Waals surface area contributed by atoms with Crippen LogP contribution in [0.2, 0.25) is 0 Å². The molecule has 0 aromatic heterocycles. The van der Waals surface area contributed by atoms with Crippen LogP contribution in [0.25, 0.3) is 0 Å². The number of aryl methyl sites for hydroxylation is 1. The van der Waals surface area contributed by atoms with Crippen molar-refractivity contribution in [3.63, 3.8) is 0 Å². The van der Waals surface area contributed by atoms with Gasteiger partial charge in [0.2, 0.25) is 11.8 Å². The van der Waals surface area contributed by atoms with Crippen LogP contribution in [0, 0.1) is 6.92 Å². The summed E-state index contributed by atoms with van der Waals surface area (Å²) in [6.45, 7) is 4.99. The Bertz CT molecular complexity index is 518. The Hall–Kier alpha value is -2.08. The zero-order valence-electron chi connectivity index (χ0n) is 14.0. The van der Waals surface area contributed by atoms with Crippen LogP contribution in [-0.2, 0) is 16.1 Å². The lowest BCUT2D eigenvalue weighted by molar-refractivity contribution is -0.125. The standard InChI is InChI=1S/C17H27N3O3/c1-3-4-5-8-23-15-9-13(2)6-7-14(15)11-19-17(22)12-20-16(21)10-18/h6-7,9H,3-5,8,10-12,18H2,1-2H3,(H,19,22)(H,20,21). The van der Waals surface area contributed by atoms with Gasteiger partial charge in [0.1, 0.15) is 5.75 Å². The molecular weight excluding hydrogens is 294 g/mol. The second kappa shape index (κ2) is 10.6. The number of ether oxygens (including phenoxy) is 1. The smallest absolute Gasteiger partial charge is 0.239 e. The highest BCUT2D eigenvalue weighted by molar-refractivity contribution is 5.85. The molecule has 0 heterocycles. The minimum Gasteiger partial charge on any atom is -0.493 e. The van der Waals surface area contributed by atoms with Gasteiger partial charge in [-0.1, -0.05) is 31.9 Å². The number of amides is 2. The van der Waals surface area contributed by atoms with Crippen molar-refractivity contribution < 1.29 is 14.3 Å². The van der Waals surface area contributed by atoms with Crippen molar-refractivity contribution in [2.45, 2.75) is 39.7 Å². The molecule has 0 aliphatic rings. The van der Waals surface area contributed by atoms with Crippen molar-refractivity contribution in [1.82, 2.24) is 10.6 Å². The number of carbonyl (C=O) groups excluding carboxylic acids is 2. The summed E-state index contributed by atoms with van der Waals surface area (Å²) >= 11 is 0. The van der Waals surface area contributed by atoms with Crippen molar-refractivity contribution in [1.29, 1.82) is 0 Å². The maximum Gasteiger partial charge on any atom is 0.239 e. The molecule has 6 nitrogen and oxygen atoms in total. The van der Waals surface area contributed by atoms with E-state index in [0.29, 0.717) is 13.2 Å². The van der Waals surface area contributed by atoms with Gasteiger partial charge in [-0.15, -0.1) is 0 Å². The van der Waals surface area contributed by atoms with Crippen molar-refractivity contribution in [3.8, 4) is 5.75 Å². The van der Waals surface area contributed by atoms with Gasteiger partial charge in [-0.3, -0.25) is 9.59 Å². The van der Waals surface area contributed by atoms with E-state index < -0.39 is 0 Å². The molecule has 0 unspecified atom stereocenters. The molecule has 0 fully saturated rings. The van der Waals surface area contributed by atoms with Crippen molar-refractivity contribution >= 4 is 11.8 Å². The number of unbranched alkanes of at least 4 members (excludes halogenated alkanes) is 2. The summed E-state index contributed by atoms with van der Waals surface area (Å²) in [5.74, 6) is 0.187. The van der Waals surface area contributed by atoms with E-state index >= 15 is 0 Å². The van der Waals surface area contributed by atoms with E-state index in [1.807, 2.05) is 25.1 Å². The van der Waals surface area contributed by atoms with E-state index in [1.54, 1.807) is 0 Å². The minimum absolute atomic E-state index is 0.0748. The number of carbonyl (C=O) groups is 2. The maximum absolute atomic E-state index is 11.7. The van der Waals surface area contributed by atoms with E-state index in [-0.39, 0.29) is 24.9 Å². The lowest BCUT2D eigenvalue weighted by Gasteiger charge is -2.13. The van der Waals surface area contributed by atoms with Gasteiger partial charge in [-0.25, -0.2) is 0 Å². The number of hydrogen-bond donors (Lipinski definition) is 3. The SMILES string of the molecule is CCCCCOc1cc(C)ccc1CNC(=O)CNC(=O)CN. The third-order valence-electron chi connectivity index (χ3n) is 3.34. The van der Waals surface area contributed by atoms with Gasteiger partial charge in [-0.05, 0) is 25.0 Å². The zero-order valence-corrected chi connectivity index (χ0v) is 14.0. The predicted octanol–water partition coefficient (Wildman–Crippen LogP) is 1.26. The van der Waals surface area contributed by atoms with Crippen molar-refractivity contribution in [3.05, 3.63) is 29.3 Å². The van der Waals surface area contributed by atoms with Crippen LogP contribution < -0.4 is 21.1 Å². The molecule has 6 heteroatoms. The summed E-state index contributed by atoms with van der Waals surface area (Å²) < 4.78 is 5.83. The number of benzene rings is 1. The van der Waals surface area contributed by atoms with Gasteiger partial charge in [0, 0.05) is 12.1 Å². The summed E-state index contributed by atoms with van der Waals surface area (Å²) in [5, 5.41) is 5.20.